The van der Waals surface area contributed by atoms with E-state index < -0.39 is 5.72 Å². The molecular weight excluding hydrogens is 394 g/mol. The summed E-state index contributed by atoms with van der Waals surface area (Å²) >= 11 is 0. The Morgan fingerprint density at radius 2 is 2.06 bits per heavy atom. The van der Waals surface area contributed by atoms with Gasteiger partial charge in [-0.2, -0.15) is 0 Å². The maximum atomic E-state index is 13.3. The highest BCUT2D eigenvalue weighted by molar-refractivity contribution is 5.98. The number of amides is 2. The van der Waals surface area contributed by atoms with Crippen LogP contribution in [0.2, 0.25) is 0 Å². The molecule has 166 valence electrons. The SMILES string of the molecule is COc1ccc2c(c1)OC1(CC3CCC1CC3C(=O)NC1CN3CCC1CC3)NC2=O. The van der Waals surface area contributed by atoms with Gasteiger partial charge in [-0.15, -0.1) is 0 Å². The van der Waals surface area contributed by atoms with E-state index in [0.29, 0.717) is 35.4 Å². The molecule has 4 bridgehead atoms. The summed E-state index contributed by atoms with van der Waals surface area (Å²) in [6.07, 6.45) is 5.87. The number of nitrogens with zero attached hydrogens (tertiary/aromatic N) is 1. The van der Waals surface area contributed by atoms with E-state index in [4.69, 9.17) is 9.47 Å². The first-order valence-electron chi connectivity index (χ1n) is 11.8. The van der Waals surface area contributed by atoms with Gasteiger partial charge in [0.1, 0.15) is 11.5 Å². The number of carbonyl (C=O) groups is 2. The summed E-state index contributed by atoms with van der Waals surface area (Å²) in [5, 5.41) is 6.59. The van der Waals surface area contributed by atoms with Crippen molar-refractivity contribution in [1.82, 2.24) is 15.5 Å². The van der Waals surface area contributed by atoms with Crippen molar-refractivity contribution in [2.75, 3.05) is 26.7 Å². The van der Waals surface area contributed by atoms with Gasteiger partial charge in [0.05, 0.1) is 12.7 Å². The van der Waals surface area contributed by atoms with Crippen molar-refractivity contribution in [2.24, 2.45) is 23.7 Å². The zero-order chi connectivity index (χ0) is 21.2. The summed E-state index contributed by atoms with van der Waals surface area (Å²) in [4.78, 5) is 28.6. The lowest BCUT2D eigenvalue weighted by molar-refractivity contribution is -0.148. The number of fused-ring (bicyclic) bond motifs is 6. The first-order valence-corrected chi connectivity index (χ1v) is 11.8. The second-order valence-electron chi connectivity index (χ2n) is 10.1. The lowest BCUT2D eigenvalue weighted by atomic mass is 9.59. The molecule has 0 radical (unpaired) electrons. The minimum atomic E-state index is -0.703. The molecular formula is C24H31N3O4. The van der Waals surface area contributed by atoms with Gasteiger partial charge in [-0.3, -0.25) is 9.59 Å². The predicted octanol–water partition coefficient (Wildman–Crippen LogP) is 2.16. The molecule has 7 heteroatoms. The minimum absolute atomic E-state index is 0.0204. The third kappa shape index (κ3) is 3.12. The highest BCUT2D eigenvalue weighted by atomic mass is 16.5. The van der Waals surface area contributed by atoms with Gasteiger partial charge in [0.25, 0.3) is 5.91 Å². The average Bonchev–Trinajstić information content (AvgIpc) is 2.79. The number of piperidine rings is 3. The van der Waals surface area contributed by atoms with E-state index in [1.807, 2.05) is 0 Å². The first-order chi connectivity index (χ1) is 15.0. The molecule has 4 heterocycles. The normalized spacial score (nSPS) is 40.1. The Morgan fingerprint density at radius 3 is 2.74 bits per heavy atom. The number of methoxy groups -OCH3 is 1. The van der Waals surface area contributed by atoms with Crippen molar-refractivity contribution < 1.29 is 19.1 Å². The lowest BCUT2D eigenvalue weighted by Gasteiger charge is -2.55. The Kier molecular flexibility index (Phi) is 4.46. The fraction of sp³-hybridized carbons (Fsp3) is 0.667. The number of carbonyl (C=O) groups excluding carboxylic acids is 2. The molecule has 8 rings (SSSR count). The Bertz CT molecular complexity index is 912. The van der Waals surface area contributed by atoms with Crippen LogP contribution >= 0.6 is 0 Å². The molecule has 6 fully saturated rings. The van der Waals surface area contributed by atoms with Crippen molar-refractivity contribution in [1.29, 1.82) is 0 Å². The van der Waals surface area contributed by atoms with Gasteiger partial charge < -0.3 is 25.0 Å². The molecule has 5 atom stereocenters. The molecule has 3 saturated carbocycles. The topological polar surface area (TPSA) is 79.9 Å². The van der Waals surface area contributed by atoms with Crippen molar-refractivity contribution in [3.05, 3.63) is 23.8 Å². The number of benzene rings is 1. The van der Waals surface area contributed by atoms with Crippen LogP contribution in [-0.4, -0.2) is 55.2 Å². The summed E-state index contributed by atoms with van der Waals surface area (Å²) in [7, 11) is 1.61. The van der Waals surface area contributed by atoms with Crippen LogP contribution in [-0.2, 0) is 4.79 Å². The zero-order valence-corrected chi connectivity index (χ0v) is 18.1. The second kappa shape index (κ2) is 7.12. The van der Waals surface area contributed by atoms with Crippen LogP contribution in [0.15, 0.2) is 18.2 Å². The molecule has 7 aliphatic rings. The lowest BCUT2D eigenvalue weighted by Crippen LogP contribution is -2.67. The van der Waals surface area contributed by atoms with Crippen molar-refractivity contribution in [2.45, 2.75) is 50.3 Å². The average molecular weight is 426 g/mol. The van der Waals surface area contributed by atoms with Crippen LogP contribution in [0.1, 0.15) is 48.9 Å². The molecule has 5 unspecified atom stereocenters. The van der Waals surface area contributed by atoms with Gasteiger partial charge in [-0.25, -0.2) is 0 Å². The fourth-order valence-corrected chi connectivity index (χ4v) is 6.86. The summed E-state index contributed by atoms with van der Waals surface area (Å²) in [5.74, 6) is 2.42. The molecule has 2 N–H and O–H groups in total. The quantitative estimate of drug-likeness (QED) is 0.776. The smallest absolute Gasteiger partial charge is 0.258 e. The number of ether oxygens (including phenoxy) is 2. The van der Waals surface area contributed by atoms with Gasteiger partial charge >= 0.3 is 0 Å². The maximum absolute atomic E-state index is 13.3. The molecule has 7 nitrogen and oxygen atoms in total. The van der Waals surface area contributed by atoms with Gasteiger partial charge in [0.15, 0.2) is 5.72 Å². The fourth-order valence-electron chi connectivity index (χ4n) is 6.86. The molecule has 2 amide bonds. The zero-order valence-electron chi connectivity index (χ0n) is 18.1. The van der Waals surface area contributed by atoms with Crippen molar-refractivity contribution >= 4 is 11.8 Å². The molecule has 1 aromatic rings. The molecule has 1 spiro atoms. The number of hydrogen-bond acceptors (Lipinski definition) is 5. The minimum Gasteiger partial charge on any atom is -0.497 e. The number of hydrogen-bond donors (Lipinski definition) is 2. The van der Waals surface area contributed by atoms with Crippen LogP contribution in [0, 0.1) is 23.7 Å². The third-order valence-corrected chi connectivity index (χ3v) is 8.59. The summed E-state index contributed by atoms with van der Waals surface area (Å²) in [6.45, 7) is 3.35. The molecule has 0 aromatic heterocycles. The highest BCUT2D eigenvalue weighted by Gasteiger charge is 2.57. The van der Waals surface area contributed by atoms with Gasteiger partial charge in [-0.05, 0) is 69.2 Å². The van der Waals surface area contributed by atoms with E-state index >= 15 is 0 Å². The van der Waals surface area contributed by atoms with Gasteiger partial charge in [-0.1, -0.05) is 0 Å². The standard InChI is InChI=1S/C24H31N3O4/c1-30-17-4-5-18-21(11-17)31-24(26-23(18)29)12-15-2-3-16(24)10-19(15)22(28)25-20-13-27-8-6-14(20)7-9-27/h4-5,11,14-16,19-20H,2-3,6-10,12-13H2,1H3,(H,25,28)(H,26,29). The Morgan fingerprint density at radius 1 is 1.23 bits per heavy atom. The monoisotopic (exact) mass is 425 g/mol. The van der Waals surface area contributed by atoms with E-state index in [2.05, 4.69) is 15.5 Å². The third-order valence-electron chi connectivity index (χ3n) is 8.59. The van der Waals surface area contributed by atoms with E-state index in [-0.39, 0.29) is 29.6 Å². The van der Waals surface area contributed by atoms with Crippen molar-refractivity contribution in [3.8, 4) is 11.5 Å². The largest absolute Gasteiger partial charge is 0.497 e. The van der Waals surface area contributed by atoms with Crippen LogP contribution in [0.5, 0.6) is 11.5 Å². The van der Waals surface area contributed by atoms with Crippen LogP contribution < -0.4 is 20.1 Å². The molecule has 31 heavy (non-hydrogen) atoms. The Balaban J connectivity index is 1.19. The predicted molar refractivity (Wildman–Crippen MR) is 114 cm³/mol. The summed E-state index contributed by atoms with van der Waals surface area (Å²) in [5.41, 5.74) is -0.157. The molecule has 3 aliphatic carbocycles. The summed E-state index contributed by atoms with van der Waals surface area (Å²) in [6, 6.07) is 5.63. The van der Waals surface area contributed by atoms with Crippen LogP contribution in [0.4, 0.5) is 0 Å². The molecule has 4 aliphatic heterocycles. The Hall–Kier alpha value is -2.28. The van der Waals surface area contributed by atoms with E-state index in [0.717, 1.165) is 25.8 Å². The number of nitrogens with one attached hydrogen (secondary N) is 2. The summed E-state index contributed by atoms with van der Waals surface area (Å²) < 4.78 is 11.8. The Labute approximate surface area is 182 Å². The van der Waals surface area contributed by atoms with E-state index in [9.17, 15) is 9.59 Å². The highest BCUT2D eigenvalue weighted by Crippen LogP contribution is 2.52. The van der Waals surface area contributed by atoms with E-state index in [1.165, 1.54) is 25.9 Å². The van der Waals surface area contributed by atoms with Gasteiger partial charge in [0, 0.05) is 36.9 Å². The van der Waals surface area contributed by atoms with E-state index in [1.54, 1.807) is 25.3 Å². The van der Waals surface area contributed by atoms with Gasteiger partial charge in [0.2, 0.25) is 5.91 Å². The molecule has 3 saturated heterocycles. The van der Waals surface area contributed by atoms with Crippen LogP contribution in [0.25, 0.3) is 0 Å². The number of rotatable bonds is 3. The van der Waals surface area contributed by atoms with Crippen molar-refractivity contribution in [3.63, 3.8) is 0 Å². The molecule has 1 aromatic carbocycles. The first kappa shape index (κ1) is 19.4. The van der Waals surface area contributed by atoms with Crippen LogP contribution in [0.3, 0.4) is 0 Å². The second-order valence-corrected chi connectivity index (χ2v) is 10.1. The maximum Gasteiger partial charge on any atom is 0.258 e.